The van der Waals surface area contributed by atoms with Gasteiger partial charge in [0.1, 0.15) is 0 Å². The molecule has 7 heteroatoms. The van der Waals surface area contributed by atoms with E-state index in [1.165, 1.54) is 0 Å². The molecule has 2 amide bonds. The van der Waals surface area contributed by atoms with Crippen molar-refractivity contribution in [1.29, 1.82) is 0 Å². The largest absolute Gasteiger partial charge is 0.366 e. The summed E-state index contributed by atoms with van der Waals surface area (Å²) in [6.07, 6.45) is 7.18. The molecule has 3 aromatic rings. The van der Waals surface area contributed by atoms with Gasteiger partial charge in [-0.2, -0.15) is 0 Å². The second-order valence-electron chi connectivity index (χ2n) is 7.97. The number of piperidine rings is 1. The monoisotopic (exact) mass is 400 g/mol. The molecule has 152 valence electrons. The van der Waals surface area contributed by atoms with Gasteiger partial charge in [0.25, 0.3) is 0 Å². The molecule has 0 spiro atoms. The van der Waals surface area contributed by atoms with E-state index in [0.29, 0.717) is 5.69 Å². The Balaban J connectivity index is 1.60. The molecular weight excluding hydrogens is 376 g/mol. The van der Waals surface area contributed by atoms with E-state index in [9.17, 15) is 4.79 Å². The molecule has 5 heterocycles. The van der Waals surface area contributed by atoms with Crippen LogP contribution in [0.25, 0.3) is 11.3 Å². The Morgan fingerprint density at radius 2 is 2.10 bits per heavy atom. The summed E-state index contributed by atoms with van der Waals surface area (Å²) in [5.41, 5.74) is 5.67. The molecular formula is C23H24N6O. The van der Waals surface area contributed by atoms with Crippen molar-refractivity contribution in [3.63, 3.8) is 0 Å². The van der Waals surface area contributed by atoms with Gasteiger partial charge >= 0.3 is 6.03 Å². The van der Waals surface area contributed by atoms with Gasteiger partial charge in [-0.25, -0.2) is 9.78 Å². The van der Waals surface area contributed by atoms with Crippen LogP contribution in [0.4, 0.5) is 22.0 Å². The minimum Gasteiger partial charge on any atom is -0.366 e. The van der Waals surface area contributed by atoms with Gasteiger partial charge in [0, 0.05) is 36.7 Å². The van der Waals surface area contributed by atoms with Gasteiger partial charge in [0.15, 0.2) is 5.82 Å². The Kier molecular flexibility index (Phi) is 4.58. The first-order chi connectivity index (χ1) is 14.6. The van der Waals surface area contributed by atoms with Gasteiger partial charge in [0.05, 0.1) is 29.3 Å². The van der Waals surface area contributed by atoms with Gasteiger partial charge in [-0.1, -0.05) is 0 Å². The zero-order valence-electron chi connectivity index (χ0n) is 17.2. The van der Waals surface area contributed by atoms with Crippen molar-refractivity contribution in [1.82, 2.24) is 15.0 Å². The molecule has 0 aromatic carbocycles. The van der Waals surface area contributed by atoms with Crippen LogP contribution in [-0.2, 0) is 0 Å². The average Bonchev–Trinajstić information content (AvgIpc) is 2.74. The predicted molar refractivity (Wildman–Crippen MR) is 118 cm³/mol. The van der Waals surface area contributed by atoms with Crippen molar-refractivity contribution in [3.8, 4) is 11.3 Å². The van der Waals surface area contributed by atoms with Gasteiger partial charge in [-0.05, 0) is 62.6 Å². The van der Waals surface area contributed by atoms with Gasteiger partial charge in [-0.3, -0.25) is 14.9 Å². The highest BCUT2D eigenvalue weighted by Gasteiger charge is 2.39. The lowest BCUT2D eigenvalue weighted by molar-refractivity contribution is 0.252. The summed E-state index contributed by atoms with van der Waals surface area (Å²) in [5, 5.41) is 3.00. The maximum absolute atomic E-state index is 13.4. The number of aryl methyl sites for hydroxylation is 2. The fraction of sp³-hybridized carbons (Fsp3) is 0.304. The van der Waals surface area contributed by atoms with Crippen LogP contribution in [0.2, 0.25) is 0 Å². The molecule has 5 rings (SSSR count). The van der Waals surface area contributed by atoms with Gasteiger partial charge < -0.3 is 10.2 Å². The summed E-state index contributed by atoms with van der Waals surface area (Å²) in [7, 11) is 0. The third-order valence-electron chi connectivity index (χ3n) is 5.80. The number of fused-ring (bicyclic) bond motifs is 4. The van der Waals surface area contributed by atoms with E-state index in [1.54, 1.807) is 18.6 Å². The number of carbonyl (C=O) groups excluding carboxylic acids is 1. The fourth-order valence-corrected chi connectivity index (χ4v) is 4.48. The molecule has 3 aromatic heterocycles. The smallest absolute Gasteiger partial charge is 0.327 e. The number of aromatic nitrogens is 3. The Morgan fingerprint density at radius 3 is 2.90 bits per heavy atom. The number of hydrogen-bond donors (Lipinski definition) is 1. The van der Waals surface area contributed by atoms with E-state index < -0.39 is 0 Å². The van der Waals surface area contributed by atoms with E-state index in [2.05, 4.69) is 33.2 Å². The van der Waals surface area contributed by atoms with Crippen molar-refractivity contribution >= 4 is 23.2 Å². The number of nitrogens with zero attached hydrogens (tertiary/aromatic N) is 5. The normalized spacial score (nSPS) is 17.5. The van der Waals surface area contributed by atoms with E-state index in [-0.39, 0.29) is 12.1 Å². The maximum atomic E-state index is 13.4. The van der Waals surface area contributed by atoms with Gasteiger partial charge in [-0.15, -0.1) is 0 Å². The summed E-state index contributed by atoms with van der Waals surface area (Å²) in [6, 6.07) is 9.70. The van der Waals surface area contributed by atoms with Crippen molar-refractivity contribution in [3.05, 3.63) is 60.2 Å². The standard InChI is InChI=1S/C23H24N6O/c1-15-11-20(17-7-9-25-16(2)12-17)27-22-21(15)28-10-4-6-19(14-28)29(22)23(30)26-18-5-3-8-24-13-18/h3,5,7-9,11-13,19H,4,6,10,14H2,1-2H3,(H,26,30)/t19-/m0/s1. The predicted octanol–water partition coefficient (Wildman–Crippen LogP) is 4.18. The third kappa shape index (κ3) is 3.26. The highest BCUT2D eigenvalue weighted by Crippen LogP contribution is 2.42. The molecule has 1 fully saturated rings. The lowest BCUT2D eigenvalue weighted by Crippen LogP contribution is -2.56. The molecule has 1 N–H and O–H groups in total. The quantitative estimate of drug-likeness (QED) is 0.699. The molecule has 1 saturated heterocycles. The number of rotatable bonds is 2. The third-order valence-corrected chi connectivity index (χ3v) is 5.80. The molecule has 1 atom stereocenters. The minimum absolute atomic E-state index is 0.101. The van der Waals surface area contributed by atoms with Crippen LogP contribution >= 0.6 is 0 Å². The van der Waals surface area contributed by atoms with E-state index in [1.807, 2.05) is 36.1 Å². The van der Waals surface area contributed by atoms with E-state index in [0.717, 1.165) is 60.0 Å². The number of carbonyl (C=O) groups is 1. The summed E-state index contributed by atoms with van der Waals surface area (Å²) >= 11 is 0. The number of amides is 2. The number of anilines is 3. The van der Waals surface area contributed by atoms with Crippen LogP contribution in [0.15, 0.2) is 48.9 Å². The Hall–Kier alpha value is -3.48. The Morgan fingerprint density at radius 1 is 1.20 bits per heavy atom. The van der Waals surface area contributed by atoms with Crippen LogP contribution in [-0.4, -0.2) is 40.1 Å². The second-order valence-corrected chi connectivity index (χ2v) is 7.97. The Bertz CT molecular complexity index is 1100. The van der Waals surface area contributed by atoms with Crippen molar-refractivity contribution in [2.75, 3.05) is 28.2 Å². The molecule has 7 nitrogen and oxygen atoms in total. The SMILES string of the molecule is Cc1cc(-c2cc(C)c3c(n2)N(C(=O)Nc2cccnc2)[C@H]2CCCN3C2)ccn1. The fourth-order valence-electron chi connectivity index (χ4n) is 4.48. The first kappa shape index (κ1) is 18.5. The molecule has 0 aliphatic carbocycles. The first-order valence-corrected chi connectivity index (χ1v) is 10.3. The summed E-state index contributed by atoms with van der Waals surface area (Å²) in [4.78, 5) is 31.0. The minimum atomic E-state index is -0.161. The van der Waals surface area contributed by atoms with Crippen molar-refractivity contribution in [2.24, 2.45) is 0 Å². The molecule has 2 bridgehead atoms. The number of hydrogen-bond acceptors (Lipinski definition) is 5. The van der Waals surface area contributed by atoms with Crippen LogP contribution in [0.5, 0.6) is 0 Å². The van der Waals surface area contributed by atoms with Crippen LogP contribution in [0.1, 0.15) is 24.1 Å². The average molecular weight is 400 g/mol. The summed E-state index contributed by atoms with van der Waals surface area (Å²) in [6.45, 7) is 5.91. The molecule has 0 radical (unpaired) electrons. The molecule has 2 aliphatic heterocycles. The van der Waals surface area contributed by atoms with Crippen molar-refractivity contribution < 1.29 is 4.79 Å². The lowest BCUT2D eigenvalue weighted by atomic mass is 9.97. The highest BCUT2D eigenvalue weighted by molar-refractivity contribution is 6.04. The topological polar surface area (TPSA) is 74.2 Å². The van der Waals surface area contributed by atoms with E-state index in [4.69, 9.17) is 4.98 Å². The van der Waals surface area contributed by atoms with Crippen LogP contribution in [0, 0.1) is 13.8 Å². The number of nitrogens with one attached hydrogen (secondary N) is 1. The molecule has 0 unspecified atom stereocenters. The van der Waals surface area contributed by atoms with Crippen molar-refractivity contribution in [2.45, 2.75) is 32.7 Å². The molecule has 30 heavy (non-hydrogen) atoms. The van der Waals surface area contributed by atoms with Crippen LogP contribution < -0.4 is 15.1 Å². The second kappa shape index (κ2) is 7.40. The van der Waals surface area contributed by atoms with Gasteiger partial charge in [0.2, 0.25) is 0 Å². The summed E-state index contributed by atoms with van der Waals surface area (Å²) in [5.74, 6) is 0.733. The van der Waals surface area contributed by atoms with Crippen LogP contribution in [0.3, 0.4) is 0 Å². The molecule has 2 aliphatic rings. The summed E-state index contributed by atoms with van der Waals surface area (Å²) < 4.78 is 0. The lowest BCUT2D eigenvalue weighted by Gasteiger charge is -2.46. The first-order valence-electron chi connectivity index (χ1n) is 10.3. The zero-order chi connectivity index (χ0) is 20.7. The molecule has 0 saturated carbocycles. The number of pyridine rings is 3. The maximum Gasteiger partial charge on any atom is 0.327 e. The zero-order valence-corrected chi connectivity index (χ0v) is 17.2. The van der Waals surface area contributed by atoms with E-state index >= 15 is 0 Å². The highest BCUT2D eigenvalue weighted by atomic mass is 16.2. The number of urea groups is 1. The Labute approximate surface area is 175 Å².